The van der Waals surface area contributed by atoms with Gasteiger partial charge in [0.2, 0.25) is 5.95 Å². The maximum Gasteiger partial charge on any atom is 0.490 e. The number of carboxylic acid groups (broad SMARTS) is 1. The Morgan fingerprint density at radius 1 is 1.33 bits per heavy atom. The second-order valence-electron chi connectivity index (χ2n) is 6.96. The first-order valence-electron chi connectivity index (χ1n) is 8.45. The van der Waals surface area contributed by atoms with Gasteiger partial charge >= 0.3 is 12.1 Å². The van der Waals surface area contributed by atoms with Gasteiger partial charge in [-0.2, -0.15) is 13.2 Å². The lowest BCUT2D eigenvalue weighted by atomic mass is 9.93. The first-order valence-corrected chi connectivity index (χ1v) is 9.44. The van der Waals surface area contributed by atoms with Gasteiger partial charge in [-0.3, -0.25) is 0 Å². The van der Waals surface area contributed by atoms with Crippen LogP contribution in [0.5, 0.6) is 0 Å². The number of carboxylic acids is 1. The minimum Gasteiger partial charge on any atom is -0.475 e. The van der Waals surface area contributed by atoms with E-state index in [9.17, 15) is 17.6 Å². The van der Waals surface area contributed by atoms with Gasteiger partial charge in [-0.15, -0.1) is 11.8 Å². The zero-order chi connectivity index (χ0) is 19.7. The highest BCUT2D eigenvalue weighted by Crippen LogP contribution is 2.47. The van der Waals surface area contributed by atoms with Crippen LogP contribution in [0.25, 0.3) is 0 Å². The molecule has 1 aromatic rings. The van der Waals surface area contributed by atoms with Crippen molar-refractivity contribution in [1.82, 2.24) is 9.97 Å². The lowest BCUT2D eigenvalue weighted by Crippen LogP contribution is -2.59. The summed E-state index contributed by atoms with van der Waals surface area (Å²) in [5.74, 6) is -0.563. The van der Waals surface area contributed by atoms with Crippen molar-refractivity contribution in [3.8, 4) is 0 Å². The van der Waals surface area contributed by atoms with E-state index in [4.69, 9.17) is 14.6 Å². The molecule has 1 saturated carbocycles. The van der Waals surface area contributed by atoms with Gasteiger partial charge in [0.05, 0.1) is 23.2 Å². The molecule has 0 aromatic carbocycles. The topological polar surface area (TPSA) is 75.5 Å². The Labute approximate surface area is 157 Å². The lowest BCUT2D eigenvalue weighted by molar-refractivity contribution is -0.192. The molecule has 3 heterocycles. The number of halogens is 4. The summed E-state index contributed by atoms with van der Waals surface area (Å²) in [6, 6.07) is 0. The van der Waals surface area contributed by atoms with Crippen molar-refractivity contribution in [3.05, 3.63) is 18.2 Å². The first kappa shape index (κ1) is 20.1. The molecule has 1 spiro atoms. The summed E-state index contributed by atoms with van der Waals surface area (Å²) in [4.78, 5) is 19.1. The minimum absolute atomic E-state index is 0.311. The van der Waals surface area contributed by atoms with E-state index in [1.54, 1.807) is 0 Å². The molecule has 2 aliphatic heterocycles. The fraction of sp³-hybridized carbons (Fsp3) is 0.688. The van der Waals surface area contributed by atoms with Gasteiger partial charge in [0.25, 0.3) is 0 Å². The number of alkyl halides is 3. The van der Waals surface area contributed by atoms with E-state index in [0.717, 1.165) is 37.8 Å². The molecule has 150 valence electrons. The number of aromatic nitrogens is 2. The monoisotopic (exact) mass is 409 g/mol. The number of carbonyl (C=O) groups is 1. The molecule has 1 aromatic heterocycles. The summed E-state index contributed by atoms with van der Waals surface area (Å²) in [5, 5.41) is 7.12. The van der Waals surface area contributed by atoms with Crippen molar-refractivity contribution in [2.24, 2.45) is 5.92 Å². The molecular weight excluding hydrogens is 390 g/mol. The van der Waals surface area contributed by atoms with Gasteiger partial charge in [-0.05, 0) is 25.2 Å². The summed E-state index contributed by atoms with van der Waals surface area (Å²) in [7, 11) is 0. The molecule has 0 radical (unpaired) electrons. The molecule has 1 atom stereocenters. The number of anilines is 1. The summed E-state index contributed by atoms with van der Waals surface area (Å²) >= 11 is 2.02. The normalized spacial score (nSPS) is 23.6. The van der Waals surface area contributed by atoms with Crippen LogP contribution in [0, 0.1) is 11.7 Å². The van der Waals surface area contributed by atoms with Crippen molar-refractivity contribution in [2.45, 2.75) is 36.3 Å². The van der Waals surface area contributed by atoms with Gasteiger partial charge in [-0.1, -0.05) is 0 Å². The first-order chi connectivity index (χ1) is 12.7. The largest absolute Gasteiger partial charge is 0.490 e. The molecule has 1 aliphatic carbocycles. The Morgan fingerprint density at radius 3 is 2.44 bits per heavy atom. The molecule has 2 saturated heterocycles. The highest BCUT2D eigenvalue weighted by molar-refractivity contribution is 8.01. The Kier molecular flexibility index (Phi) is 5.80. The van der Waals surface area contributed by atoms with Gasteiger partial charge in [0, 0.05) is 25.4 Å². The molecule has 11 heteroatoms. The van der Waals surface area contributed by atoms with Crippen molar-refractivity contribution in [3.63, 3.8) is 0 Å². The second kappa shape index (κ2) is 7.78. The van der Waals surface area contributed by atoms with Crippen molar-refractivity contribution < 1.29 is 32.2 Å². The third kappa shape index (κ3) is 5.44. The van der Waals surface area contributed by atoms with Crippen LogP contribution in [0.2, 0.25) is 0 Å². The van der Waals surface area contributed by atoms with Crippen LogP contribution in [0.3, 0.4) is 0 Å². The van der Waals surface area contributed by atoms with Crippen LogP contribution in [-0.4, -0.2) is 63.5 Å². The molecule has 3 aliphatic rings. The highest BCUT2D eigenvalue weighted by Gasteiger charge is 2.50. The predicted molar refractivity (Wildman–Crippen MR) is 90.2 cm³/mol. The number of ether oxygens (including phenoxy) is 1. The number of nitrogens with zero attached hydrogens (tertiary/aromatic N) is 3. The van der Waals surface area contributed by atoms with E-state index >= 15 is 0 Å². The highest BCUT2D eigenvalue weighted by atomic mass is 32.2. The third-order valence-corrected chi connectivity index (χ3v) is 6.11. The van der Waals surface area contributed by atoms with Crippen LogP contribution in [0.15, 0.2) is 12.4 Å². The number of thioether (sulfide) groups is 1. The maximum absolute atomic E-state index is 12.8. The Balaban J connectivity index is 0.000000260. The SMILES string of the molecule is Fc1cnc(N2CC3(CC(OCC4CC4)CS3)C2)nc1.O=C(O)C(F)(F)F. The van der Waals surface area contributed by atoms with Crippen LogP contribution in [-0.2, 0) is 9.53 Å². The lowest BCUT2D eigenvalue weighted by Gasteiger charge is -2.47. The van der Waals surface area contributed by atoms with Crippen LogP contribution < -0.4 is 4.90 Å². The smallest absolute Gasteiger partial charge is 0.475 e. The van der Waals surface area contributed by atoms with Gasteiger partial charge in [0.1, 0.15) is 0 Å². The van der Waals surface area contributed by atoms with Gasteiger partial charge in [-0.25, -0.2) is 19.2 Å². The molecule has 1 N–H and O–H groups in total. The summed E-state index contributed by atoms with van der Waals surface area (Å²) < 4.78 is 50.9. The molecule has 6 nitrogen and oxygen atoms in total. The van der Waals surface area contributed by atoms with Crippen LogP contribution in [0.1, 0.15) is 19.3 Å². The molecule has 0 amide bonds. The van der Waals surface area contributed by atoms with E-state index < -0.39 is 12.1 Å². The minimum atomic E-state index is -5.08. The average Bonchev–Trinajstić information content (AvgIpc) is 3.30. The predicted octanol–water partition coefficient (Wildman–Crippen LogP) is 2.74. The average molecular weight is 409 g/mol. The van der Waals surface area contributed by atoms with E-state index in [1.165, 1.54) is 25.2 Å². The Hall–Kier alpha value is -1.62. The van der Waals surface area contributed by atoms with Crippen molar-refractivity contribution in [1.29, 1.82) is 0 Å². The summed E-state index contributed by atoms with van der Waals surface area (Å²) in [6.07, 6.45) is 1.62. The van der Waals surface area contributed by atoms with Crippen molar-refractivity contribution >= 4 is 23.7 Å². The Bertz CT molecular complexity index is 664. The maximum atomic E-state index is 12.8. The number of hydrogen-bond donors (Lipinski definition) is 1. The second-order valence-corrected chi connectivity index (χ2v) is 8.45. The van der Waals surface area contributed by atoms with Crippen LogP contribution >= 0.6 is 11.8 Å². The van der Waals surface area contributed by atoms with E-state index in [-0.39, 0.29) is 5.82 Å². The molecule has 3 fully saturated rings. The van der Waals surface area contributed by atoms with E-state index in [0.29, 0.717) is 16.8 Å². The standard InChI is InChI=1S/C14H18FN3OS.C2HF3O2/c15-11-4-16-13(17-5-11)18-8-14(9-18)3-12(7-20-14)19-6-10-1-2-10;3-2(4,5)1(6)7/h4-5,10,12H,1-3,6-9H2;(H,6,7). The van der Waals surface area contributed by atoms with Gasteiger partial charge < -0.3 is 14.7 Å². The molecule has 4 rings (SSSR count). The van der Waals surface area contributed by atoms with E-state index in [1.807, 2.05) is 11.8 Å². The number of hydrogen-bond acceptors (Lipinski definition) is 6. The zero-order valence-electron chi connectivity index (χ0n) is 14.3. The Morgan fingerprint density at radius 2 is 1.93 bits per heavy atom. The number of aliphatic carboxylic acids is 1. The van der Waals surface area contributed by atoms with E-state index in [2.05, 4.69) is 14.9 Å². The fourth-order valence-corrected chi connectivity index (χ4v) is 4.50. The molecule has 27 heavy (non-hydrogen) atoms. The van der Waals surface area contributed by atoms with Crippen molar-refractivity contribution in [2.75, 3.05) is 30.3 Å². The quantitative estimate of drug-likeness (QED) is 0.767. The number of rotatable bonds is 4. The third-order valence-electron chi connectivity index (χ3n) is 4.53. The van der Waals surface area contributed by atoms with Gasteiger partial charge in [0.15, 0.2) is 5.82 Å². The summed E-state index contributed by atoms with van der Waals surface area (Å²) in [5.41, 5.74) is 0. The summed E-state index contributed by atoms with van der Waals surface area (Å²) in [6.45, 7) is 2.85. The van der Waals surface area contributed by atoms with Crippen LogP contribution in [0.4, 0.5) is 23.5 Å². The zero-order valence-corrected chi connectivity index (χ0v) is 15.1. The molecular formula is C16H19F4N3O3S. The molecule has 0 bridgehead atoms. The fourth-order valence-electron chi connectivity index (χ4n) is 2.95. The molecule has 1 unspecified atom stereocenters.